The molecular formula is C14H17N3O2S. The third kappa shape index (κ3) is 2.81. The van der Waals surface area contributed by atoms with Crippen LogP contribution in [0.15, 0.2) is 30.5 Å². The van der Waals surface area contributed by atoms with Crippen molar-refractivity contribution in [3.63, 3.8) is 0 Å². The third-order valence-corrected chi connectivity index (χ3v) is 5.92. The van der Waals surface area contributed by atoms with Gasteiger partial charge < -0.3 is 5.32 Å². The number of nitrogens with zero attached hydrogens (tertiary/aromatic N) is 2. The number of nitrogens with one attached hydrogen (secondary N) is 1. The van der Waals surface area contributed by atoms with Gasteiger partial charge >= 0.3 is 0 Å². The normalized spacial score (nSPS) is 21.3. The van der Waals surface area contributed by atoms with Gasteiger partial charge in [0.15, 0.2) is 9.84 Å². The zero-order valence-corrected chi connectivity index (χ0v) is 11.9. The minimum atomic E-state index is -2.87. The van der Waals surface area contributed by atoms with Crippen LogP contribution in [0.4, 0.5) is 0 Å². The van der Waals surface area contributed by atoms with Gasteiger partial charge in [-0.3, -0.25) is 4.98 Å². The van der Waals surface area contributed by atoms with E-state index in [0.717, 1.165) is 29.6 Å². The molecule has 1 fully saturated rings. The van der Waals surface area contributed by atoms with Gasteiger partial charge in [0, 0.05) is 13.1 Å². The van der Waals surface area contributed by atoms with Crippen LogP contribution in [0.3, 0.4) is 0 Å². The summed E-state index contributed by atoms with van der Waals surface area (Å²) in [5.74, 6) is 0.328. The number of para-hydroxylation sites is 2. The van der Waals surface area contributed by atoms with Gasteiger partial charge in [-0.2, -0.15) is 0 Å². The molecule has 0 spiro atoms. The Morgan fingerprint density at radius 1 is 1.25 bits per heavy atom. The highest BCUT2D eigenvalue weighted by atomic mass is 32.2. The van der Waals surface area contributed by atoms with E-state index in [2.05, 4.69) is 15.3 Å². The molecule has 20 heavy (non-hydrogen) atoms. The van der Waals surface area contributed by atoms with Gasteiger partial charge in [-0.1, -0.05) is 12.1 Å². The van der Waals surface area contributed by atoms with Crippen molar-refractivity contribution in [3.05, 3.63) is 36.2 Å². The Kier molecular flexibility index (Phi) is 3.67. The van der Waals surface area contributed by atoms with Crippen LogP contribution in [0.25, 0.3) is 11.0 Å². The van der Waals surface area contributed by atoms with E-state index in [1.165, 1.54) is 0 Å². The summed E-state index contributed by atoms with van der Waals surface area (Å²) in [6, 6.07) is 7.71. The Labute approximate surface area is 118 Å². The first-order valence-corrected chi connectivity index (χ1v) is 8.50. The Hall–Kier alpha value is -1.53. The van der Waals surface area contributed by atoms with Gasteiger partial charge in [-0.25, -0.2) is 13.4 Å². The van der Waals surface area contributed by atoms with Crippen molar-refractivity contribution in [2.24, 2.45) is 0 Å². The lowest BCUT2D eigenvalue weighted by molar-refractivity contribution is 0.572. The maximum atomic E-state index is 11.7. The Bertz CT molecular complexity index is 715. The molecule has 1 aromatic heterocycles. The molecule has 1 atom stereocenters. The summed E-state index contributed by atoms with van der Waals surface area (Å²) in [6.45, 7) is 1.04. The van der Waals surface area contributed by atoms with Crippen LogP contribution in [0.1, 0.15) is 18.5 Å². The minimum Gasteiger partial charge on any atom is -0.310 e. The maximum Gasteiger partial charge on any atom is 0.154 e. The molecule has 2 heterocycles. The topological polar surface area (TPSA) is 72.0 Å². The lowest BCUT2D eigenvalue weighted by atomic mass is 10.2. The second kappa shape index (κ2) is 5.46. The van der Waals surface area contributed by atoms with Gasteiger partial charge in [0.2, 0.25) is 0 Å². The number of fused-ring (bicyclic) bond motifs is 1. The average molecular weight is 291 g/mol. The summed E-state index contributed by atoms with van der Waals surface area (Å²) in [5, 5.41) is 2.94. The standard InChI is InChI=1S/C14H17N3O2S/c18-20(19)7-3-4-12(20)10-15-8-11-9-16-13-5-1-2-6-14(13)17-11/h1-2,5-6,9,12,15H,3-4,7-8,10H2. The Balaban J connectivity index is 1.62. The van der Waals surface area contributed by atoms with Crippen molar-refractivity contribution < 1.29 is 8.42 Å². The van der Waals surface area contributed by atoms with Crippen LogP contribution in [0, 0.1) is 0 Å². The van der Waals surface area contributed by atoms with Gasteiger partial charge in [0.05, 0.1) is 33.9 Å². The van der Waals surface area contributed by atoms with Crippen molar-refractivity contribution in [1.82, 2.24) is 15.3 Å². The molecule has 6 heteroatoms. The summed E-state index contributed by atoms with van der Waals surface area (Å²) >= 11 is 0. The molecule has 0 bridgehead atoms. The molecule has 0 radical (unpaired) electrons. The van der Waals surface area contributed by atoms with Crippen LogP contribution in [-0.2, 0) is 16.4 Å². The highest BCUT2D eigenvalue weighted by Crippen LogP contribution is 2.19. The number of hydrogen-bond acceptors (Lipinski definition) is 5. The zero-order valence-electron chi connectivity index (χ0n) is 11.1. The van der Waals surface area contributed by atoms with Gasteiger partial charge in [0.25, 0.3) is 0 Å². The van der Waals surface area contributed by atoms with E-state index in [0.29, 0.717) is 18.8 Å². The van der Waals surface area contributed by atoms with Gasteiger partial charge in [0.1, 0.15) is 0 Å². The Morgan fingerprint density at radius 3 is 2.80 bits per heavy atom. The van der Waals surface area contributed by atoms with Crippen LogP contribution in [0.5, 0.6) is 0 Å². The molecule has 1 saturated heterocycles. The van der Waals surface area contributed by atoms with E-state index >= 15 is 0 Å². The zero-order chi connectivity index (χ0) is 14.0. The van der Waals surface area contributed by atoms with E-state index < -0.39 is 9.84 Å². The van der Waals surface area contributed by atoms with Crippen molar-refractivity contribution in [2.45, 2.75) is 24.6 Å². The smallest absolute Gasteiger partial charge is 0.154 e. The molecule has 0 saturated carbocycles. The van der Waals surface area contributed by atoms with E-state index in [4.69, 9.17) is 0 Å². The fourth-order valence-electron chi connectivity index (χ4n) is 2.53. The van der Waals surface area contributed by atoms with Crippen molar-refractivity contribution in [3.8, 4) is 0 Å². The SMILES string of the molecule is O=S1(=O)CCCC1CNCc1cnc2ccccc2n1. The number of benzene rings is 1. The molecule has 1 aliphatic rings. The van der Waals surface area contributed by atoms with E-state index in [1.807, 2.05) is 24.3 Å². The molecule has 0 aliphatic carbocycles. The van der Waals surface area contributed by atoms with E-state index in [9.17, 15) is 8.42 Å². The van der Waals surface area contributed by atoms with Crippen LogP contribution in [0.2, 0.25) is 0 Å². The highest BCUT2D eigenvalue weighted by Gasteiger charge is 2.30. The molecule has 5 nitrogen and oxygen atoms in total. The van der Waals surface area contributed by atoms with Crippen LogP contribution < -0.4 is 5.32 Å². The first-order chi connectivity index (χ1) is 9.65. The molecule has 1 unspecified atom stereocenters. The summed E-state index contributed by atoms with van der Waals surface area (Å²) in [4.78, 5) is 8.84. The van der Waals surface area contributed by atoms with E-state index in [-0.39, 0.29) is 5.25 Å². The predicted molar refractivity (Wildman–Crippen MR) is 78.1 cm³/mol. The first kappa shape index (κ1) is 13.5. The van der Waals surface area contributed by atoms with Crippen molar-refractivity contribution in [1.29, 1.82) is 0 Å². The van der Waals surface area contributed by atoms with Gasteiger partial charge in [-0.05, 0) is 25.0 Å². The molecule has 106 valence electrons. The van der Waals surface area contributed by atoms with Gasteiger partial charge in [-0.15, -0.1) is 0 Å². The first-order valence-electron chi connectivity index (χ1n) is 6.78. The van der Waals surface area contributed by atoms with Crippen molar-refractivity contribution in [2.75, 3.05) is 12.3 Å². The summed E-state index contributed by atoms with van der Waals surface area (Å²) < 4.78 is 23.4. The lowest BCUT2D eigenvalue weighted by Gasteiger charge is -2.10. The second-order valence-corrected chi connectivity index (χ2v) is 7.51. The predicted octanol–water partition coefficient (Wildman–Crippen LogP) is 1.30. The summed E-state index contributed by atoms with van der Waals surface area (Å²) in [6.07, 6.45) is 3.28. The number of rotatable bonds is 4. The quantitative estimate of drug-likeness (QED) is 0.919. The van der Waals surface area contributed by atoms with Crippen LogP contribution in [-0.4, -0.2) is 35.9 Å². The third-order valence-electron chi connectivity index (χ3n) is 3.64. The average Bonchev–Trinajstić information content (AvgIpc) is 2.78. The minimum absolute atomic E-state index is 0.240. The summed E-state index contributed by atoms with van der Waals surface area (Å²) in [7, 11) is -2.87. The molecule has 1 N–H and O–H groups in total. The fraction of sp³-hybridized carbons (Fsp3) is 0.429. The molecule has 0 amide bonds. The number of sulfone groups is 1. The lowest BCUT2D eigenvalue weighted by Crippen LogP contribution is -2.30. The largest absolute Gasteiger partial charge is 0.310 e. The monoisotopic (exact) mass is 291 g/mol. The van der Waals surface area contributed by atoms with Crippen LogP contribution >= 0.6 is 0 Å². The molecule has 1 aromatic carbocycles. The fourth-order valence-corrected chi connectivity index (χ4v) is 4.33. The van der Waals surface area contributed by atoms with E-state index in [1.54, 1.807) is 6.20 Å². The number of aromatic nitrogens is 2. The molecule has 2 aromatic rings. The molecular weight excluding hydrogens is 274 g/mol. The Morgan fingerprint density at radius 2 is 2.05 bits per heavy atom. The number of hydrogen-bond donors (Lipinski definition) is 1. The van der Waals surface area contributed by atoms with Crippen molar-refractivity contribution >= 4 is 20.9 Å². The summed E-state index contributed by atoms with van der Waals surface area (Å²) in [5.41, 5.74) is 2.56. The highest BCUT2D eigenvalue weighted by molar-refractivity contribution is 7.92. The maximum absolute atomic E-state index is 11.7. The second-order valence-electron chi connectivity index (χ2n) is 5.11. The molecule has 1 aliphatic heterocycles. The molecule has 3 rings (SSSR count).